The SMILES string of the molecule is CC1(C)OC[C@@]2([C@@H]3CC[C@@H](C3)C2(C)C)N1[O]. The highest BCUT2D eigenvalue weighted by molar-refractivity contribution is 5.18. The van der Waals surface area contributed by atoms with Gasteiger partial charge in [0.15, 0.2) is 0 Å². The standard InChI is InChI=1S/C13H22NO2/c1-11(2)9-5-6-10(7-9)13(11)8-16-12(3,4)14(13)15/h9-10H,5-8H2,1-4H3/t9-,10+,13-/m0/s1. The highest BCUT2D eigenvalue weighted by atomic mass is 16.6. The van der Waals surface area contributed by atoms with Crippen LogP contribution >= 0.6 is 0 Å². The molecular formula is C13H22NO2. The fourth-order valence-electron chi connectivity index (χ4n) is 4.57. The molecule has 2 aliphatic carbocycles. The first-order valence-corrected chi connectivity index (χ1v) is 6.44. The molecule has 3 fully saturated rings. The number of hydrogen-bond donors (Lipinski definition) is 0. The van der Waals surface area contributed by atoms with E-state index in [-0.39, 0.29) is 11.0 Å². The van der Waals surface area contributed by atoms with Crippen LogP contribution in [0.2, 0.25) is 0 Å². The van der Waals surface area contributed by atoms with Gasteiger partial charge in [0.25, 0.3) is 0 Å². The predicted octanol–water partition coefficient (Wildman–Crippen LogP) is 2.60. The normalized spacial score (nSPS) is 49.3. The summed E-state index contributed by atoms with van der Waals surface area (Å²) in [6, 6.07) is 0. The van der Waals surface area contributed by atoms with Crippen LogP contribution in [0.5, 0.6) is 0 Å². The van der Waals surface area contributed by atoms with Gasteiger partial charge in [0, 0.05) is 0 Å². The number of ether oxygens (including phenoxy) is 1. The van der Waals surface area contributed by atoms with Gasteiger partial charge in [-0.15, -0.1) is 10.3 Å². The van der Waals surface area contributed by atoms with Gasteiger partial charge < -0.3 is 4.74 Å². The Bertz CT molecular complexity index is 326. The van der Waals surface area contributed by atoms with E-state index >= 15 is 0 Å². The number of rotatable bonds is 0. The average molecular weight is 224 g/mol. The van der Waals surface area contributed by atoms with Gasteiger partial charge in [0.2, 0.25) is 0 Å². The van der Waals surface area contributed by atoms with Gasteiger partial charge >= 0.3 is 0 Å². The molecule has 3 heteroatoms. The fourth-order valence-corrected chi connectivity index (χ4v) is 4.57. The van der Waals surface area contributed by atoms with Gasteiger partial charge in [-0.1, -0.05) is 13.8 Å². The van der Waals surface area contributed by atoms with Gasteiger partial charge in [-0.3, -0.25) is 0 Å². The summed E-state index contributed by atoms with van der Waals surface area (Å²) in [5, 5.41) is 13.9. The Hall–Kier alpha value is -0.120. The van der Waals surface area contributed by atoms with Gasteiger partial charge in [0.05, 0.1) is 12.1 Å². The van der Waals surface area contributed by atoms with Crippen LogP contribution in [-0.4, -0.2) is 22.9 Å². The Morgan fingerprint density at radius 2 is 1.75 bits per heavy atom. The van der Waals surface area contributed by atoms with Crippen LogP contribution in [0.4, 0.5) is 0 Å². The molecule has 0 aromatic rings. The second-order valence-electron chi connectivity index (χ2n) is 6.88. The highest BCUT2D eigenvalue weighted by Gasteiger charge is 2.71. The van der Waals surface area contributed by atoms with E-state index in [2.05, 4.69) is 13.8 Å². The third-order valence-corrected chi connectivity index (χ3v) is 5.74. The van der Waals surface area contributed by atoms with E-state index in [1.165, 1.54) is 24.3 Å². The summed E-state index contributed by atoms with van der Waals surface area (Å²) in [7, 11) is 0. The third kappa shape index (κ3) is 0.964. The molecule has 2 saturated carbocycles. The van der Waals surface area contributed by atoms with Gasteiger partial charge in [-0.25, -0.2) is 0 Å². The van der Waals surface area contributed by atoms with Crippen LogP contribution in [0.3, 0.4) is 0 Å². The number of hydrogen-bond acceptors (Lipinski definition) is 2. The summed E-state index contributed by atoms with van der Waals surface area (Å²) >= 11 is 0. The van der Waals surface area contributed by atoms with Gasteiger partial charge in [-0.2, -0.15) is 0 Å². The quantitative estimate of drug-likeness (QED) is 0.633. The molecule has 0 aromatic carbocycles. The molecule has 3 rings (SSSR count). The van der Waals surface area contributed by atoms with Crippen molar-refractivity contribution in [1.82, 2.24) is 5.06 Å². The predicted molar refractivity (Wildman–Crippen MR) is 59.9 cm³/mol. The molecule has 1 heterocycles. The molecular weight excluding hydrogens is 202 g/mol. The lowest BCUT2D eigenvalue weighted by Crippen LogP contribution is -2.61. The maximum atomic E-state index is 12.6. The van der Waals surface area contributed by atoms with Crippen LogP contribution in [0.15, 0.2) is 0 Å². The minimum absolute atomic E-state index is 0.103. The minimum Gasteiger partial charge on any atom is -0.357 e. The molecule has 0 unspecified atom stereocenters. The zero-order valence-electron chi connectivity index (χ0n) is 10.7. The molecule has 1 aliphatic heterocycles. The van der Waals surface area contributed by atoms with Crippen LogP contribution in [-0.2, 0) is 9.94 Å². The summed E-state index contributed by atoms with van der Waals surface area (Å²) < 4.78 is 5.79. The molecule has 0 N–H and O–H groups in total. The summed E-state index contributed by atoms with van der Waals surface area (Å²) in [5.74, 6) is 1.26. The molecule has 1 spiro atoms. The van der Waals surface area contributed by atoms with E-state index in [9.17, 15) is 5.21 Å². The smallest absolute Gasteiger partial charge is 0.142 e. The second kappa shape index (κ2) is 2.82. The van der Waals surface area contributed by atoms with Crippen LogP contribution in [0, 0.1) is 17.3 Å². The lowest BCUT2D eigenvalue weighted by Gasteiger charge is -2.49. The molecule has 0 amide bonds. The van der Waals surface area contributed by atoms with E-state index in [1.807, 2.05) is 13.8 Å². The Morgan fingerprint density at radius 3 is 2.19 bits per heavy atom. The Balaban J connectivity index is 2.06. The van der Waals surface area contributed by atoms with Gasteiger partial charge in [-0.05, 0) is 50.4 Å². The van der Waals surface area contributed by atoms with Crippen molar-refractivity contribution >= 4 is 0 Å². The molecule has 2 bridgehead atoms. The number of nitrogens with zero attached hydrogens (tertiary/aromatic N) is 1. The summed E-state index contributed by atoms with van der Waals surface area (Å²) in [5.41, 5.74) is -0.785. The molecule has 3 nitrogen and oxygen atoms in total. The number of hydroxylamine groups is 2. The molecule has 3 aliphatic rings. The van der Waals surface area contributed by atoms with Crippen LogP contribution in [0.1, 0.15) is 47.0 Å². The summed E-state index contributed by atoms with van der Waals surface area (Å²) in [4.78, 5) is 0. The molecule has 0 aromatic heterocycles. The number of fused-ring (bicyclic) bond motifs is 3. The largest absolute Gasteiger partial charge is 0.357 e. The van der Waals surface area contributed by atoms with Crippen molar-refractivity contribution in [2.45, 2.75) is 58.2 Å². The maximum Gasteiger partial charge on any atom is 0.142 e. The Kier molecular flexibility index (Phi) is 1.94. The van der Waals surface area contributed by atoms with Crippen molar-refractivity contribution in [3.05, 3.63) is 0 Å². The van der Waals surface area contributed by atoms with Crippen molar-refractivity contribution in [1.29, 1.82) is 0 Å². The van der Waals surface area contributed by atoms with Crippen molar-refractivity contribution in [3.8, 4) is 0 Å². The Morgan fingerprint density at radius 1 is 1.12 bits per heavy atom. The van der Waals surface area contributed by atoms with Crippen molar-refractivity contribution < 1.29 is 9.94 Å². The first-order chi connectivity index (χ1) is 7.32. The lowest BCUT2D eigenvalue weighted by atomic mass is 9.63. The van der Waals surface area contributed by atoms with Crippen molar-refractivity contribution in [3.63, 3.8) is 0 Å². The Labute approximate surface area is 97.7 Å². The summed E-state index contributed by atoms with van der Waals surface area (Å²) in [6.07, 6.45) is 3.74. The minimum atomic E-state index is -0.637. The van der Waals surface area contributed by atoms with Crippen molar-refractivity contribution in [2.24, 2.45) is 17.3 Å². The van der Waals surface area contributed by atoms with E-state index < -0.39 is 5.72 Å². The average Bonchev–Trinajstić information content (AvgIpc) is 2.78. The zero-order chi connectivity index (χ0) is 11.8. The fraction of sp³-hybridized carbons (Fsp3) is 1.00. The van der Waals surface area contributed by atoms with Gasteiger partial charge in [0.1, 0.15) is 5.72 Å². The van der Waals surface area contributed by atoms with E-state index in [0.29, 0.717) is 18.4 Å². The topological polar surface area (TPSA) is 32.4 Å². The van der Waals surface area contributed by atoms with E-state index in [4.69, 9.17) is 4.74 Å². The molecule has 3 atom stereocenters. The van der Waals surface area contributed by atoms with Crippen molar-refractivity contribution in [2.75, 3.05) is 6.61 Å². The monoisotopic (exact) mass is 224 g/mol. The van der Waals surface area contributed by atoms with Crippen LogP contribution < -0.4 is 0 Å². The maximum absolute atomic E-state index is 12.6. The third-order valence-electron chi connectivity index (χ3n) is 5.74. The highest BCUT2D eigenvalue weighted by Crippen LogP contribution is 2.66. The first-order valence-electron chi connectivity index (χ1n) is 6.44. The zero-order valence-corrected chi connectivity index (χ0v) is 10.7. The van der Waals surface area contributed by atoms with E-state index in [0.717, 1.165) is 0 Å². The molecule has 91 valence electrons. The summed E-state index contributed by atoms with van der Waals surface area (Å²) in [6.45, 7) is 8.96. The molecule has 16 heavy (non-hydrogen) atoms. The lowest BCUT2D eigenvalue weighted by molar-refractivity contribution is -0.307. The molecule has 1 saturated heterocycles. The molecule has 1 radical (unpaired) electrons. The van der Waals surface area contributed by atoms with E-state index in [1.54, 1.807) is 0 Å². The van der Waals surface area contributed by atoms with Crippen LogP contribution in [0.25, 0.3) is 0 Å². The first kappa shape index (κ1) is 11.0. The second-order valence-corrected chi connectivity index (χ2v) is 6.88.